The summed E-state index contributed by atoms with van der Waals surface area (Å²) in [4.78, 5) is 13.5. The monoisotopic (exact) mass is 280 g/mol. The number of nitrogens with zero attached hydrogens (tertiary/aromatic N) is 1. The molecule has 0 amide bonds. The van der Waals surface area contributed by atoms with Gasteiger partial charge in [0.15, 0.2) is 0 Å². The van der Waals surface area contributed by atoms with E-state index < -0.39 is 5.97 Å². The minimum Gasteiger partial charge on any atom is -0.478 e. The maximum Gasteiger partial charge on any atom is 0.337 e. The lowest BCUT2D eigenvalue weighted by atomic mass is 10.1. The molecule has 0 spiro atoms. The van der Waals surface area contributed by atoms with Crippen LogP contribution in [-0.4, -0.2) is 35.7 Å². The highest BCUT2D eigenvalue weighted by Gasteiger charge is 2.20. The first-order chi connectivity index (χ1) is 9.11. The molecule has 5 heteroatoms. The molecule has 1 aliphatic heterocycles. The van der Waals surface area contributed by atoms with Crippen LogP contribution < -0.4 is 10.6 Å². The van der Waals surface area contributed by atoms with Crippen LogP contribution in [0.2, 0.25) is 0 Å². The molecule has 1 aliphatic rings. The molecule has 0 saturated carbocycles. The largest absolute Gasteiger partial charge is 0.478 e. The first-order valence-electron chi connectivity index (χ1n) is 6.52. The number of carboxylic acid groups (broad SMARTS) is 1. The smallest absolute Gasteiger partial charge is 0.337 e. The Morgan fingerprint density at radius 3 is 2.89 bits per heavy atom. The molecule has 0 aliphatic carbocycles. The van der Waals surface area contributed by atoms with Crippen LogP contribution >= 0.6 is 11.8 Å². The fraction of sp³-hybridized carbons (Fsp3) is 0.500. The number of carbonyl (C=O) groups is 1. The Kier molecular flexibility index (Phi) is 4.58. The fourth-order valence-corrected chi connectivity index (χ4v) is 3.29. The Morgan fingerprint density at radius 2 is 2.21 bits per heavy atom. The predicted octanol–water partition coefficient (Wildman–Crippen LogP) is 2.69. The lowest BCUT2D eigenvalue weighted by Gasteiger charge is -2.24. The summed E-state index contributed by atoms with van der Waals surface area (Å²) in [6.45, 7) is 1.83. The molecule has 0 aromatic heterocycles. The summed E-state index contributed by atoms with van der Waals surface area (Å²) in [6.07, 6.45) is 5.56. The van der Waals surface area contributed by atoms with Crippen LogP contribution in [0.5, 0.6) is 0 Å². The molecule has 1 unspecified atom stereocenters. The van der Waals surface area contributed by atoms with E-state index in [9.17, 15) is 9.90 Å². The third-order valence-electron chi connectivity index (χ3n) is 3.60. The number of rotatable bonds is 3. The van der Waals surface area contributed by atoms with E-state index in [-0.39, 0.29) is 0 Å². The van der Waals surface area contributed by atoms with Crippen LogP contribution in [0.15, 0.2) is 18.2 Å². The molecule has 0 radical (unpaired) electrons. The lowest BCUT2D eigenvalue weighted by molar-refractivity contribution is 0.0697. The number of hydrogen-bond donors (Lipinski definition) is 2. The maximum absolute atomic E-state index is 11.3. The third kappa shape index (κ3) is 3.35. The number of aromatic carboxylic acids is 1. The highest BCUT2D eigenvalue weighted by molar-refractivity contribution is 7.99. The quantitative estimate of drug-likeness (QED) is 0.833. The molecule has 1 atom stereocenters. The van der Waals surface area contributed by atoms with Crippen molar-refractivity contribution in [2.75, 3.05) is 30.0 Å². The van der Waals surface area contributed by atoms with Gasteiger partial charge in [-0.15, -0.1) is 0 Å². The highest BCUT2D eigenvalue weighted by Crippen LogP contribution is 2.28. The van der Waals surface area contributed by atoms with E-state index in [2.05, 4.69) is 11.2 Å². The molecular formula is C14H20N2O2S. The molecule has 1 aromatic carbocycles. The van der Waals surface area contributed by atoms with Gasteiger partial charge in [-0.25, -0.2) is 4.79 Å². The normalized spacial score (nSPS) is 20.1. The summed E-state index contributed by atoms with van der Waals surface area (Å²) in [5.41, 5.74) is 7.29. The van der Waals surface area contributed by atoms with E-state index in [1.165, 1.54) is 6.42 Å². The van der Waals surface area contributed by atoms with Crippen molar-refractivity contribution in [3.8, 4) is 0 Å². The Balaban J connectivity index is 2.23. The summed E-state index contributed by atoms with van der Waals surface area (Å²) < 4.78 is 0. The molecule has 1 fully saturated rings. The van der Waals surface area contributed by atoms with Gasteiger partial charge in [0.2, 0.25) is 0 Å². The molecule has 104 valence electrons. The van der Waals surface area contributed by atoms with E-state index in [0.717, 1.165) is 31.6 Å². The van der Waals surface area contributed by atoms with Gasteiger partial charge in [0, 0.05) is 24.0 Å². The Labute approximate surface area is 118 Å². The van der Waals surface area contributed by atoms with Crippen molar-refractivity contribution in [2.45, 2.75) is 24.5 Å². The zero-order valence-electron chi connectivity index (χ0n) is 11.1. The average Bonchev–Trinajstić information content (AvgIpc) is 2.63. The zero-order chi connectivity index (χ0) is 13.8. The van der Waals surface area contributed by atoms with Gasteiger partial charge in [-0.2, -0.15) is 11.8 Å². The van der Waals surface area contributed by atoms with Gasteiger partial charge in [-0.3, -0.25) is 0 Å². The van der Waals surface area contributed by atoms with Gasteiger partial charge >= 0.3 is 5.97 Å². The second-order valence-electron chi connectivity index (χ2n) is 4.86. The van der Waals surface area contributed by atoms with Gasteiger partial charge in [-0.1, -0.05) is 0 Å². The van der Waals surface area contributed by atoms with Crippen LogP contribution in [0.3, 0.4) is 0 Å². The Morgan fingerprint density at radius 1 is 1.42 bits per heavy atom. The third-order valence-corrected chi connectivity index (χ3v) is 4.74. The minimum absolute atomic E-state index is 0.308. The average molecular weight is 280 g/mol. The van der Waals surface area contributed by atoms with Gasteiger partial charge < -0.3 is 15.7 Å². The van der Waals surface area contributed by atoms with Crippen LogP contribution in [-0.2, 0) is 0 Å². The Bertz CT molecular complexity index is 465. The highest BCUT2D eigenvalue weighted by atomic mass is 32.2. The number of hydrogen-bond acceptors (Lipinski definition) is 4. The molecule has 19 heavy (non-hydrogen) atoms. The zero-order valence-corrected chi connectivity index (χ0v) is 11.9. The van der Waals surface area contributed by atoms with E-state index in [1.807, 2.05) is 17.8 Å². The fourth-order valence-electron chi connectivity index (χ4n) is 2.54. The second-order valence-corrected chi connectivity index (χ2v) is 6.00. The molecule has 2 rings (SSSR count). The number of benzene rings is 1. The van der Waals surface area contributed by atoms with Crippen LogP contribution in [0.1, 0.15) is 29.6 Å². The van der Waals surface area contributed by atoms with Gasteiger partial charge in [0.25, 0.3) is 0 Å². The Hall–Kier alpha value is -1.36. The number of nitrogen functional groups attached to an aromatic ring is 1. The maximum atomic E-state index is 11.3. The first kappa shape index (κ1) is 14.1. The van der Waals surface area contributed by atoms with Crippen LogP contribution in [0.25, 0.3) is 0 Å². The van der Waals surface area contributed by atoms with Crippen LogP contribution in [0.4, 0.5) is 11.4 Å². The standard InChI is InChI=1S/C14H20N2O2S/c1-19-11-3-2-7-16(8-6-11)13-5-4-10(15)9-12(13)14(17)18/h4-5,9,11H,2-3,6-8,15H2,1H3,(H,17,18). The lowest BCUT2D eigenvalue weighted by Crippen LogP contribution is -2.26. The van der Waals surface area contributed by atoms with E-state index in [0.29, 0.717) is 16.5 Å². The van der Waals surface area contributed by atoms with E-state index in [1.54, 1.807) is 12.1 Å². The number of thioether (sulfide) groups is 1. The van der Waals surface area contributed by atoms with Crippen molar-refractivity contribution >= 4 is 29.1 Å². The van der Waals surface area contributed by atoms with Crippen molar-refractivity contribution in [3.63, 3.8) is 0 Å². The van der Waals surface area contributed by atoms with Gasteiger partial charge in [0.1, 0.15) is 0 Å². The predicted molar refractivity (Wildman–Crippen MR) is 81.2 cm³/mol. The summed E-state index contributed by atoms with van der Waals surface area (Å²) >= 11 is 1.91. The van der Waals surface area contributed by atoms with Gasteiger partial charge in [0.05, 0.1) is 11.3 Å². The van der Waals surface area contributed by atoms with Gasteiger partial charge in [-0.05, 0) is 43.7 Å². The number of carboxylic acids is 1. The molecule has 0 bridgehead atoms. The first-order valence-corrected chi connectivity index (χ1v) is 7.81. The summed E-state index contributed by atoms with van der Waals surface area (Å²) in [6, 6.07) is 5.16. The minimum atomic E-state index is -0.909. The van der Waals surface area contributed by atoms with Crippen molar-refractivity contribution in [1.82, 2.24) is 0 Å². The summed E-state index contributed by atoms with van der Waals surface area (Å²) in [7, 11) is 0. The molecule has 1 heterocycles. The molecule has 4 nitrogen and oxygen atoms in total. The second kappa shape index (κ2) is 6.19. The topological polar surface area (TPSA) is 66.6 Å². The summed E-state index contributed by atoms with van der Waals surface area (Å²) in [5, 5.41) is 9.99. The van der Waals surface area contributed by atoms with E-state index in [4.69, 9.17) is 5.73 Å². The van der Waals surface area contributed by atoms with Crippen molar-refractivity contribution in [3.05, 3.63) is 23.8 Å². The summed E-state index contributed by atoms with van der Waals surface area (Å²) in [5.74, 6) is -0.909. The van der Waals surface area contributed by atoms with Crippen LogP contribution in [0, 0.1) is 0 Å². The number of nitrogens with two attached hydrogens (primary N) is 1. The van der Waals surface area contributed by atoms with Crippen molar-refractivity contribution in [1.29, 1.82) is 0 Å². The SMILES string of the molecule is CSC1CCCN(c2ccc(N)cc2C(=O)O)CC1. The van der Waals surface area contributed by atoms with Crippen molar-refractivity contribution < 1.29 is 9.90 Å². The number of anilines is 2. The molecule has 1 saturated heterocycles. The molecular weight excluding hydrogens is 260 g/mol. The van der Waals surface area contributed by atoms with Crippen molar-refractivity contribution in [2.24, 2.45) is 0 Å². The molecule has 3 N–H and O–H groups in total. The van der Waals surface area contributed by atoms with E-state index >= 15 is 0 Å². The molecule has 1 aromatic rings.